The zero-order valence-corrected chi connectivity index (χ0v) is 25.1. The number of amides is 1. The quantitative estimate of drug-likeness (QED) is 0.169. The third-order valence-corrected chi connectivity index (χ3v) is 6.12. The van der Waals surface area contributed by atoms with Crippen molar-refractivity contribution in [3.63, 3.8) is 0 Å². The van der Waals surface area contributed by atoms with E-state index in [1.807, 2.05) is 0 Å². The maximum Gasteiger partial charge on any atom is 1.00 e. The van der Waals surface area contributed by atoms with Crippen LogP contribution in [0.5, 0.6) is 0 Å². The number of hydrogen-bond acceptors (Lipinski definition) is 5. The molecule has 8 heteroatoms. The second kappa shape index (κ2) is 22.6. The summed E-state index contributed by atoms with van der Waals surface area (Å²) in [4.78, 5) is 25.9. The molecule has 0 aromatic heterocycles. The van der Waals surface area contributed by atoms with Gasteiger partial charge in [-0.2, -0.15) is 0 Å². The minimum Gasteiger partial charge on any atom is -0.667 e. The molecule has 0 aliphatic heterocycles. The van der Waals surface area contributed by atoms with Gasteiger partial charge in [0.05, 0.1) is 17.4 Å². The van der Waals surface area contributed by atoms with E-state index < -0.39 is 23.3 Å². The van der Waals surface area contributed by atoms with Crippen molar-refractivity contribution < 1.29 is 73.8 Å². The topological polar surface area (TPSA) is 110 Å². The Bertz CT molecular complexity index is 452. The standard InChI is InChI=1S/C23H47N3O3.2Na/c1-4-7-8-9-10-11-12-13-14-15-18-23(25,22(28)29)20(21(24)27)17-16-19-26(5-2)6-3;;/h20H,4-19,25H2,1-3H3,(H3,24,27,28,29);;/q;2*+1/p-2. The summed E-state index contributed by atoms with van der Waals surface area (Å²) in [6.07, 6.45) is 12.6. The summed E-state index contributed by atoms with van der Waals surface area (Å²) < 4.78 is 0. The number of carbonyl (C=O) groups excluding carboxylic acids is 2. The van der Waals surface area contributed by atoms with Crippen molar-refractivity contribution in [3.05, 3.63) is 5.73 Å². The van der Waals surface area contributed by atoms with Crippen molar-refractivity contribution in [1.82, 2.24) is 4.90 Å². The van der Waals surface area contributed by atoms with Gasteiger partial charge in [-0.15, -0.1) is 0 Å². The van der Waals surface area contributed by atoms with Gasteiger partial charge in [0.25, 0.3) is 0 Å². The van der Waals surface area contributed by atoms with E-state index in [9.17, 15) is 14.7 Å². The van der Waals surface area contributed by atoms with E-state index >= 15 is 0 Å². The average Bonchev–Trinajstić information content (AvgIpc) is 2.69. The Labute approximate surface area is 235 Å². The first-order valence-corrected chi connectivity index (χ1v) is 11.8. The smallest absolute Gasteiger partial charge is 0.667 e. The molecule has 0 radical (unpaired) electrons. The summed E-state index contributed by atoms with van der Waals surface area (Å²) in [7, 11) is 0. The summed E-state index contributed by atoms with van der Waals surface area (Å²) in [6.45, 7) is 8.93. The predicted molar refractivity (Wildman–Crippen MR) is 118 cm³/mol. The van der Waals surface area contributed by atoms with E-state index in [0.29, 0.717) is 19.3 Å². The molecule has 0 saturated carbocycles. The zero-order chi connectivity index (χ0) is 22.1. The van der Waals surface area contributed by atoms with E-state index in [-0.39, 0.29) is 65.5 Å². The second-order valence-corrected chi connectivity index (χ2v) is 8.35. The number of carbonyl (C=O) groups is 2. The third-order valence-electron chi connectivity index (χ3n) is 6.12. The van der Waals surface area contributed by atoms with Crippen molar-refractivity contribution in [3.8, 4) is 0 Å². The molecule has 0 aliphatic rings. The largest absolute Gasteiger partial charge is 1.00 e. The van der Waals surface area contributed by atoms with Gasteiger partial charge in [0, 0.05) is 5.92 Å². The number of nitrogens with two attached hydrogens (primary N) is 1. The molecule has 1 amide bonds. The summed E-state index contributed by atoms with van der Waals surface area (Å²) in [5.41, 5.74) is 12.0. The van der Waals surface area contributed by atoms with Crippen LogP contribution in [0.1, 0.15) is 104 Å². The summed E-state index contributed by atoms with van der Waals surface area (Å²) >= 11 is 0. The first-order chi connectivity index (χ1) is 13.8. The number of carboxylic acid groups (broad SMARTS) is 1. The molecule has 0 fully saturated rings. The zero-order valence-electron chi connectivity index (χ0n) is 21.1. The average molecular weight is 458 g/mol. The molecule has 0 bridgehead atoms. The second-order valence-electron chi connectivity index (χ2n) is 8.35. The van der Waals surface area contributed by atoms with Gasteiger partial charge in [-0.1, -0.05) is 85.0 Å². The maximum atomic E-state index is 11.9. The predicted octanol–water partition coefficient (Wildman–Crippen LogP) is -1.93. The molecule has 31 heavy (non-hydrogen) atoms. The van der Waals surface area contributed by atoms with Gasteiger partial charge < -0.3 is 31.1 Å². The van der Waals surface area contributed by atoms with Crippen LogP contribution >= 0.6 is 0 Å². The molecule has 2 atom stereocenters. The van der Waals surface area contributed by atoms with Gasteiger partial charge in [0.1, 0.15) is 0 Å². The molecule has 172 valence electrons. The maximum absolute atomic E-state index is 11.9. The van der Waals surface area contributed by atoms with Crippen LogP contribution in [0.25, 0.3) is 5.73 Å². The van der Waals surface area contributed by atoms with Crippen LogP contribution in [0.3, 0.4) is 0 Å². The van der Waals surface area contributed by atoms with E-state index in [0.717, 1.165) is 38.9 Å². The Morgan fingerprint density at radius 3 is 1.71 bits per heavy atom. The van der Waals surface area contributed by atoms with E-state index in [1.54, 1.807) is 0 Å². The molecule has 0 aromatic rings. The van der Waals surface area contributed by atoms with E-state index in [1.165, 1.54) is 38.5 Å². The van der Waals surface area contributed by atoms with E-state index in [4.69, 9.17) is 11.5 Å². The van der Waals surface area contributed by atoms with Crippen LogP contribution in [0.15, 0.2) is 0 Å². The molecule has 0 heterocycles. The summed E-state index contributed by atoms with van der Waals surface area (Å²) in [6, 6.07) is 0. The first kappa shape index (κ1) is 36.4. The fourth-order valence-corrected chi connectivity index (χ4v) is 4.00. The molecule has 2 unspecified atom stereocenters. The molecule has 0 spiro atoms. The molecule has 6 nitrogen and oxygen atoms in total. The van der Waals surface area contributed by atoms with Crippen LogP contribution in [0.2, 0.25) is 0 Å². The minimum atomic E-state index is -1.73. The van der Waals surface area contributed by atoms with Gasteiger partial charge >= 0.3 is 59.1 Å². The Balaban J connectivity index is -0.00000392. The number of nitrogens with zero attached hydrogens (tertiary/aromatic N) is 1. The Morgan fingerprint density at radius 1 is 0.871 bits per heavy atom. The number of aliphatic carboxylic acids is 1. The van der Waals surface area contributed by atoms with Crippen molar-refractivity contribution in [2.75, 3.05) is 19.6 Å². The SMILES string of the molecule is CCCCCCCCCCCCC(N)(C(=O)[O-])C(CCCN(CC)CC)C([NH-])=O.[Na+].[Na+]. The molecule has 0 aromatic carbocycles. The molecule has 0 rings (SSSR count). The molecular formula is C23H45N3Na2O3. The fourth-order valence-electron chi connectivity index (χ4n) is 4.00. The van der Waals surface area contributed by atoms with Crippen LogP contribution in [0.4, 0.5) is 0 Å². The Hall–Kier alpha value is 0.860. The molecule has 0 aliphatic carbocycles. The van der Waals surface area contributed by atoms with Gasteiger partial charge in [0.2, 0.25) is 0 Å². The minimum absolute atomic E-state index is 0. The monoisotopic (exact) mass is 457 g/mol. The number of nitrogens with one attached hydrogen (secondary N) is 1. The van der Waals surface area contributed by atoms with Gasteiger partial charge in [0.15, 0.2) is 0 Å². The van der Waals surface area contributed by atoms with Gasteiger partial charge in [-0.25, -0.2) is 0 Å². The first-order valence-electron chi connectivity index (χ1n) is 11.8. The number of carboxylic acids is 1. The number of hydrogen-bond donors (Lipinski definition) is 1. The van der Waals surface area contributed by atoms with Gasteiger partial charge in [-0.05, 0) is 38.9 Å². The van der Waals surface area contributed by atoms with Crippen molar-refractivity contribution in [1.29, 1.82) is 0 Å². The summed E-state index contributed by atoms with van der Waals surface area (Å²) in [5, 5.41) is 11.8. The molecule has 3 N–H and O–H groups in total. The molecular weight excluding hydrogens is 412 g/mol. The number of unbranched alkanes of at least 4 members (excludes halogenated alkanes) is 9. The third kappa shape index (κ3) is 16.2. The number of rotatable bonds is 20. The summed E-state index contributed by atoms with van der Waals surface area (Å²) in [5.74, 6) is -3.29. The van der Waals surface area contributed by atoms with Crippen molar-refractivity contribution >= 4 is 11.9 Å². The van der Waals surface area contributed by atoms with Crippen LogP contribution in [0, 0.1) is 5.92 Å². The van der Waals surface area contributed by atoms with Crippen molar-refractivity contribution in [2.24, 2.45) is 11.7 Å². The van der Waals surface area contributed by atoms with Gasteiger partial charge in [-0.3, -0.25) is 0 Å². The normalized spacial score (nSPS) is 13.7. The Kier molecular flexibility index (Phi) is 26.6. The van der Waals surface area contributed by atoms with Crippen LogP contribution in [-0.2, 0) is 9.59 Å². The van der Waals surface area contributed by atoms with Crippen molar-refractivity contribution in [2.45, 2.75) is 110 Å². The fraction of sp³-hybridized carbons (Fsp3) is 0.913. The van der Waals surface area contributed by atoms with E-state index in [2.05, 4.69) is 25.7 Å². The van der Waals surface area contributed by atoms with Crippen LogP contribution < -0.4 is 70.0 Å². The van der Waals surface area contributed by atoms with Crippen LogP contribution in [-0.4, -0.2) is 41.9 Å². The molecule has 0 saturated heterocycles. The Morgan fingerprint density at radius 2 is 1.32 bits per heavy atom.